The number of nitrogens with zero attached hydrogens (tertiary/aromatic N) is 1. The molecule has 2 N–H and O–H groups in total. The van der Waals surface area contributed by atoms with Crippen LogP contribution in [0.1, 0.15) is 24.3 Å². The summed E-state index contributed by atoms with van der Waals surface area (Å²) in [6.45, 7) is 4.19. The van der Waals surface area contributed by atoms with Crippen LogP contribution in [0.2, 0.25) is 0 Å². The fourth-order valence-electron chi connectivity index (χ4n) is 2.95. The summed E-state index contributed by atoms with van der Waals surface area (Å²) in [4.78, 5) is 2.50. The number of likely N-dealkylation sites (tertiary alicyclic amines) is 1. The Labute approximate surface area is 103 Å². The molecular formula is C14H20N2O. The molecule has 1 unspecified atom stereocenters. The lowest BCUT2D eigenvalue weighted by atomic mass is 9.93. The molecule has 0 aromatic heterocycles. The monoisotopic (exact) mass is 232 g/mol. The van der Waals surface area contributed by atoms with Gasteiger partial charge in [-0.25, -0.2) is 0 Å². The molecule has 17 heavy (non-hydrogen) atoms. The minimum absolute atomic E-state index is 0.380. The molecule has 1 aromatic rings. The summed E-state index contributed by atoms with van der Waals surface area (Å²) >= 11 is 0. The molecular weight excluding hydrogens is 212 g/mol. The molecule has 1 fully saturated rings. The molecule has 2 heterocycles. The lowest BCUT2D eigenvalue weighted by Crippen LogP contribution is -2.31. The second kappa shape index (κ2) is 4.67. The molecule has 0 bridgehead atoms. The van der Waals surface area contributed by atoms with Crippen molar-refractivity contribution in [1.82, 2.24) is 4.90 Å². The van der Waals surface area contributed by atoms with Crippen molar-refractivity contribution >= 4 is 0 Å². The van der Waals surface area contributed by atoms with Crippen molar-refractivity contribution in [1.29, 1.82) is 0 Å². The molecule has 2 atom stereocenters. The molecule has 0 aliphatic carbocycles. The number of rotatable bonds is 2. The Morgan fingerprint density at radius 2 is 2.18 bits per heavy atom. The second-order valence-electron chi connectivity index (χ2n) is 5.18. The SMILES string of the molecule is N[C@@H]1CCN(CC2CCOc3ccccc32)C1. The third-order valence-corrected chi connectivity index (χ3v) is 3.87. The first-order valence-corrected chi connectivity index (χ1v) is 6.52. The van der Waals surface area contributed by atoms with E-state index in [9.17, 15) is 0 Å². The Morgan fingerprint density at radius 3 is 3.00 bits per heavy atom. The van der Waals surface area contributed by atoms with E-state index in [0.29, 0.717) is 12.0 Å². The van der Waals surface area contributed by atoms with Crippen LogP contribution in [0.5, 0.6) is 5.75 Å². The molecule has 0 spiro atoms. The fourth-order valence-corrected chi connectivity index (χ4v) is 2.95. The van der Waals surface area contributed by atoms with Crippen molar-refractivity contribution in [2.24, 2.45) is 5.73 Å². The molecule has 0 amide bonds. The van der Waals surface area contributed by atoms with Gasteiger partial charge in [-0.15, -0.1) is 0 Å². The first-order valence-electron chi connectivity index (χ1n) is 6.52. The van der Waals surface area contributed by atoms with Crippen LogP contribution in [0.3, 0.4) is 0 Å². The third-order valence-electron chi connectivity index (χ3n) is 3.87. The van der Waals surface area contributed by atoms with Crippen LogP contribution < -0.4 is 10.5 Å². The van der Waals surface area contributed by atoms with Gasteiger partial charge in [-0.2, -0.15) is 0 Å². The number of fused-ring (bicyclic) bond motifs is 1. The Kier molecular flexibility index (Phi) is 3.04. The zero-order valence-corrected chi connectivity index (χ0v) is 10.1. The Balaban J connectivity index is 1.72. The smallest absolute Gasteiger partial charge is 0.122 e. The Hall–Kier alpha value is -1.06. The van der Waals surface area contributed by atoms with Gasteiger partial charge in [0.05, 0.1) is 6.61 Å². The zero-order valence-electron chi connectivity index (χ0n) is 10.1. The van der Waals surface area contributed by atoms with Crippen LogP contribution in [0.4, 0.5) is 0 Å². The predicted octanol–water partition coefficient (Wildman–Crippen LogP) is 1.59. The molecule has 2 aliphatic rings. The molecule has 92 valence electrons. The van der Waals surface area contributed by atoms with E-state index in [0.717, 1.165) is 44.8 Å². The fraction of sp³-hybridized carbons (Fsp3) is 0.571. The van der Waals surface area contributed by atoms with E-state index < -0.39 is 0 Å². The van der Waals surface area contributed by atoms with E-state index in [4.69, 9.17) is 10.5 Å². The maximum Gasteiger partial charge on any atom is 0.122 e. The highest BCUT2D eigenvalue weighted by Gasteiger charge is 2.26. The number of nitrogens with two attached hydrogens (primary N) is 1. The van der Waals surface area contributed by atoms with E-state index in [-0.39, 0.29) is 0 Å². The summed E-state index contributed by atoms with van der Waals surface area (Å²) in [6.07, 6.45) is 2.27. The normalized spacial score (nSPS) is 28.8. The first kappa shape index (κ1) is 11.1. The second-order valence-corrected chi connectivity index (χ2v) is 5.18. The first-order chi connectivity index (χ1) is 8.33. The topological polar surface area (TPSA) is 38.5 Å². The Morgan fingerprint density at radius 1 is 1.29 bits per heavy atom. The maximum absolute atomic E-state index is 5.96. The van der Waals surface area contributed by atoms with Crippen molar-refractivity contribution in [3.8, 4) is 5.75 Å². The number of ether oxygens (including phenoxy) is 1. The lowest BCUT2D eigenvalue weighted by Gasteiger charge is -2.29. The van der Waals surface area contributed by atoms with Gasteiger partial charge in [0.2, 0.25) is 0 Å². The summed E-state index contributed by atoms with van der Waals surface area (Å²) in [6, 6.07) is 8.82. The standard InChI is InChI=1S/C14H20N2O/c15-12-5-7-16(10-12)9-11-6-8-17-14-4-2-1-3-13(11)14/h1-4,11-12H,5-10,15H2/t11?,12-/m1/s1. The number of benzene rings is 1. The number of hydrogen-bond acceptors (Lipinski definition) is 3. The highest BCUT2D eigenvalue weighted by atomic mass is 16.5. The van der Waals surface area contributed by atoms with Crippen LogP contribution in [-0.2, 0) is 0 Å². The molecule has 3 rings (SSSR count). The minimum Gasteiger partial charge on any atom is -0.493 e. The highest BCUT2D eigenvalue weighted by Crippen LogP contribution is 2.34. The van der Waals surface area contributed by atoms with Gasteiger partial charge in [0.25, 0.3) is 0 Å². The average Bonchev–Trinajstić information content (AvgIpc) is 2.75. The van der Waals surface area contributed by atoms with Gasteiger partial charge in [0.1, 0.15) is 5.75 Å². The van der Waals surface area contributed by atoms with E-state index in [1.165, 1.54) is 5.56 Å². The van der Waals surface area contributed by atoms with Crippen molar-refractivity contribution in [2.45, 2.75) is 24.8 Å². The third kappa shape index (κ3) is 2.31. The van der Waals surface area contributed by atoms with Crippen molar-refractivity contribution in [2.75, 3.05) is 26.2 Å². The van der Waals surface area contributed by atoms with Gasteiger partial charge in [-0.1, -0.05) is 18.2 Å². The van der Waals surface area contributed by atoms with Gasteiger partial charge >= 0.3 is 0 Å². The number of hydrogen-bond donors (Lipinski definition) is 1. The largest absolute Gasteiger partial charge is 0.493 e. The number of para-hydroxylation sites is 1. The van der Waals surface area contributed by atoms with E-state index in [1.807, 2.05) is 6.07 Å². The average molecular weight is 232 g/mol. The van der Waals surface area contributed by atoms with Crippen LogP contribution in [0.25, 0.3) is 0 Å². The van der Waals surface area contributed by atoms with Crippen LogP contribution in [-0.4, -0.2) is 37.2 Å². The zero-order chi connectivity index (χ0) is 11.7. The molecule has 0 radical (unpaired) electrons. The van der Waals surface area contributed by atoms with Gasteiger partial charge in [0, 0.05) is 25.0 Å². The van der Waals surface area contributed by atoms with Gasteiger partial charge in [0.15, 0.2) is 0 Å². The van der Waals surface area contributed by atoms with E-state index in [1.54, 1.807) is 0 Å². The van der Waals surface area contributed by atoms with Crippen LogP contribution >= 0.6 is 0 Å². The summed E-state index contributed by atoms with van der Waals surface area (Å²) in [5.41, 5.74) is 7.33. The van der Waals surface area contributed by atoms with Gasteiger partial charge < -0.3 is 15.4 Å². The van der Waals surface area contributed by atoms with Crippen molar-refractivity contribution in [3.63, 3.8) is 0 Å². The quantitative estimate of drug-likeness (QED) is 0.841. The molecule has 3 heteroatoms. The van der Waals surface area contributed by atoms with Crippen molar-refractivity contribution in [3.05, 3.63) is 29.8 Å². The molecule has 3 nitrogen and oxygen atoms in total. The molecule has 1 saturated heterocycles. The van der Waals surface area contributed by atoms with E-state index >= 15 is 0 Å². The molecule has 1 aromatic carbocycles. The summed E-state index contributed by atoms with van der Waals surface area (Å²) in [7, 11) is 0. The molecule has 0 saturated carbocycles. The molecule has 2 aliphatic heterocycles. The summed E-state index contributed by atoms with van der Waals surface area (Å²) in [5.74, 6) is 1.69. The van der Waals surface area contributed by atoms with Gasteiger partial charge in [-0.3, -0.25) is 0 Å². The Bertz CT molecular complexity index is 394. The van der Waals surface area contributed by atoms with E-state index in [2.05, 4.69) is 23.1 Å². The predicted molar refractivity (Wildman–Crippen MR) is 68.3 cm³/mol. The minimum atomic E-state index is 0.380. The lowest BCUT2D eigenvalue weighted by molar-refractivity contribution is 0.231. The van der Waals surface area contributed by atoms with Crippen molar-refractivity contribution < 1.29 is 4.74 Å². The van der Waals surface area contributed by atoms with Gasteiger partial charge in [-0.05, 0) is 31.0 Å². The maximum atomic E-state index is 5.96. The van der Waals surface area contributed by atoms with Crippen LogP contribution in [0.15, 0.2) is 24.3 Å². The summed E-state index contributed by atoms with van der Waals surface area (Å²) < 4.78 is 5.70. The van der Waals surface area contributed by atoms with Crippen LogP contribution in [0, 0.1) is 0 Å². The highest BCUT2D eigenvalue weighted by molar-refractivity contribution is 5.37. The summed E-state index contributed by atoms with van der Waals surface area (Å²) in [5, 5.41) is 0.